The van der Waals surface area contributed by atoms with Gasteiger partial charge in [-0.1, -0.05) is 39.7 Å². The molecule has 0 amide bonds. The molecule has 0 saturated carbocycles. The SMILES string of the molecule is COc1nc2cc(Br)ccc2c2nc(-c3ccccc3Cl)[nH]c12. The molecule has 1 N–H and O–H groups in total. The predicted octanol–water partition coefficient (Wildman–Crippen LogP) is 5.20. The van der Waals surface area contributed by atoms with Gasteiger partial charge in [0.05, 0.1) is 17.6 Å². The highest BCUT2D eigenvalue weighted by molar-refractivity contribution is 9.10. The molecular weight excluding hydrogens is 378 g/mol. The van der Waals surface area contributed by atoms with Gasteiger partial charge in [0, 0.05) is 15.4 Å². The van der Waals surface area contributed by atoms with Crippen LogP contribution in [0.15, 0.2) is 46.9 Å². The van der Waals surface area contributed by atoms with E-state index in [-0.39, 0.29) is 0 Å². The summed E-state index contributed by atoms with van der Waals surface area (Å²) in [5.41, 5.74) is 3.24. The van der Waals surface area contributed by atoms with E-state index in [1.54, 1.807) is 7.11 Å². The van der Waals surface area contributed by atoms with Gasteiger partial charge in [0.1, 0.15) is 16.9 Å². The highest BCUT2D eigenvalue weighted by Crippen LogP contribution is 2.34. The van der Waals surface area contributed by atoms with E-state index >= 15 is 0 Å². The lowest BCUT2D eigenvalue weighted by atomic mass is 10.2. The number of rotatable bonds is 2. The first kappa shape index (κ1) is 14.5. The van der Waals surface area contributed by atoms with Crippen LogP contribution in [0.2, 0.25) is 5.02 Å². The van der Waals surface area contributed by atoms with Crippen molar-refractivity contribution in [3.05, 3.63) is 52.0 Å². The maximum Gasteiger partial charge on any atom is 0.240 e. The molecule has 6 heteroatoms. The molecule has 4 rings (SSSR count). The molecule has 23 heavy (non-hydrogen) atoms. The fourth-order valence-corrected chi connectivity index (χ4v) is 3.19. The highest BCUT2D eigenvalue weighted by Gasteiger charge is 2.16. The van der Waals surface area contributed by atoms with Crippen molar-refractivity contribution in [2.75, 3.05) is 7.11 Å². The molecule has 4 aromatic rings. The zero-order valence-electron chi connectivity index (χ0n) is 12.1. The number of aromatic amines is 1. The second-order valence-electron chi connectivity index (χ2n) is 5.07. The summed E-state index contributed by atoms with van der Waals surface area (Å²) in [4.78, 5) is 12.6. The summed E-state index contributed by atoms with van der Waals surface area (Å²) in [5.74, 6) is 1.21. The predicted molar refractivity (Wildman–Crippen MR) is 96.1 cm³/mol. The number of hydrogen-bond donors (Lipinski definition) is 1. The maximum absolute atomic E-state index is 6.29. The van der Waals surface area contributed by atoms with E-state index in [2.05, 4.69) is 25.9 Å². The summed E-state index contributed by atoms with van der Waals surface area (Å²) in [5, 5.41) is 1.60. The molecular formula is C17H11BrClN3O. The fraction of sp³-hybridized carbons (Fsp3) is 0.0588. The highest BCUT2D eigenvalue weighted by atomic mass is 79.9. The second kappa shape index (κ2) is 5.51. The number of aromatic nitrogens is 3. The lowest BCUT2D eigenvalue weighted by molar-refractivity contribution is 0.404. The van der Waals surface area contributed by atoms with E-state index in [1.807, 2.05) is 42.5 Å². The standard InChI is InChI=1S/C17H11BrClN3O/c1-23-17-15-14(11-7-6-9(18)8-13(11)20-17)21-16(22-15)10-4-2-3-5-12(10)19/h2-8H,1H3,(H,21,22). The number of nitrogens with zero attached hydrogens (tertiary/aromatic N) is 2. The number of ether oxygens (including phenoxy) is 1. The van der Waals surface area contributed by atoms with Gasteiger partial charge in [-0.05, 0) is 30.3 Å². The summed E-state index contributed by atoms with van der Waals surface area (Å²) in [6.45, 7) is 0. The quantitative estimate of drug-likeness (QED) is 0.513. The molecule has 2 aromatic heterocycles. The third-order valence-corrected chi connectivity index (χ3v) is 4.50. The first-order valence-electron chi connectivity index (χ1n) is 6.95. The lowest BCUT2D eigenvalue weighted by Crippen LogP contribution is -1.90. The second-order valence-corrected chi connectivity index (χ2v) is 6.39. The minimum atomic E-state index is 0.511. The number of pyridine rings is 1. The molecule has 114 valence electrons. The Balaban J connectivity index is 2.08. The smallest absolute Gasteiger partial charge is 0.240 e. The topological polar surface area (TPSA) is 50.8 Å². The molecule has 0 spiro atoms. The molecule has 2 aromatic carbocycles. The zero-order chi connectivity index (χ0) is 16.0. The van der Waals surface area contributed by atoms with Crippen molar-refractivity contribution in [1.29, 1.82) is 0 Å². The molecule has 0 aliphatic heterocycles. The number of methoxy groups -OCH3 is 1. The van der Waals surface area contributed by atoms with Crippen LogP contribution in [0.1, 0.15) is 0 Å². The van der Waals surface area contributed by atoms with Gasteiger partial charge in [-0.3, -0.25) is 0 Å². The van der Waals surface area contributed by atoms with E-state index < -0.39 is 0 Å². The average molecular weight is 389 g/mol. The van der Waals surface area contributed by atoms with E-state index in [9.17, 15) is 0 Å². The third-order valence-electron chi connectivity index (χ3n) is 3.68. The normalized spacial score (nSPS) is 11.3. The maximum atomic E-state index is 6.29. The summed E-state index contributed by atoms with van der Waals surface area (Å²) in [6, 6.07) is 13.5. The Morgan fingerprint density at radius 2 is 1.96 bits per heavy atom. The lowest BCUT2D eigenvalue weighted by Gasteiger charge is -2.04. The minimum absolute atomic E-state index is 0.511. The third kappa shape index (κ3) is 2.36. The molecule has 2 heterocycles. The number of imidazole rings is 1. The van der Waals surface area contributed by atoms with Crippen LogP contribution in [0.25, 0.3) is 33.3 Å². The average Bonchev–Trinajstić information content (AvgIpc) is 2.99. The zero-order valence-corrected chi connectivity index (χ0v) is 14.4. The summed E-state index contributed by atoms with van der Waals surface area (Å²) < 4.78 is 6.38. The first-order valence-corrected chi connectivity index (χ1v) is 8.12. The Hall–Kier alpha value is -2.11. The van der Waals surface area contributed by atoms with Gasteiger partial charge in [-0.2, -0.15) is 0 Å². The Bertz CT molecular complexity index is 1040. The largest absolute Gasteiger partial charge is 0.479 e. The fourth-order valence-electron chi connectivity index (χ4n) is 2.61. The van der Waals surface area contributed by atoms with Crippen LogP contribution in [-0.2, 0) is 0 Å². The van der Waals surface area contributed by atoms with Gasteiger partial charge >= 0.3 is 0 Å². The molecule has 0 aliphatic rings. The number of fused-ring (bicyclic) bond motifs is 3. The summed E-state index contributed by atoms with van der Waals surface area (Å²) >= 11 is 9.75. The van der Waals surface area contributed by atoms with Crippen LogP contribution in [-0.4, -0.2) is 22.1 Å². The number of halogens is 2. The monoisotopic (exact) mass is 387 g/mol. The van der Waals surface area contributed by atoms with Crippen molar-refractivity contribution in [3.8, 4) is 17.3 Å². The van der Waals surface area contributed by atoms with Gasteiger partial charge in [0.2, 0.25) is 5.88 Å². The van der Waals surface area contributed by atoms with Crippen LogP contribution < -0.4 is 4.74 Å². The number of H-pyrrole nitrogens is 1. The van der Waals surface area contributed by atoms with Gasteiger partial charge in [0.15, 0.2) is 0 Å². The van der Waals surface area contributed by atoms with Gasteiger partial charge in [-0.15, -0.1) is 0 Å². The number of hydrogen-bond acceptors (Lipinski definition) is 3. The Morgan fingerprint density at radius 3 is 2.74 bits per heavy atom. The van der Waals surface area contributed by atoms with Crippen molar-refractivity contribution < 1.29 is 4.74 Å². The van der Waals surface area contributed by atoms with Gasteiger partial charge in [0.25, 0.3) is 0 Å². The van der Waals surface area contributed by atoms with E-state index in [1.165, 1.54) is 0 Å². The summed E-state index contributed by atoms with van der Waals surface area (Å²) in [6.07, 6.45) is 0. The molecule has 0 bridgehead atoms. The van der Waals surface area contributed by atoms with Crippen molar-refractivity contribution >= 4 is 49.5 Å². The Morgan fingerprint density at radius 1 is 1.13 bits per heavy atom. The molecule has 0 saturated heterocycles. The Kier molecular flexibility index (Phi) is 3.47. The van der Waals surface area contributed by atoms with Crippen molar-refractivity contribution in [2.45, 2.75) is 0 Å². The van der Waals surface area contributed by atoms with Crippen molar-refractivity contribution in [3.63, 3.8) is 0 Å². The first-order chi connectivity index (χ1) is 11.2. The number of benzene rings is 2. The number of nitrogens with one attached hydrogen (secondary N) is 1. The van der Waals surface area contributed by atoms with Crippen LogP contribution in [0.4, 0.5) is 0 Å². The van der Waals surface area contributed by atoms with Gasteiger partial charge in [-0.25, -0.2) is 9.97 Å². The molecule has 0 radical (unpaired) electrons. The van der Waals surface area contributed by atoms with E-state index in [4.69, 9.17) is 21.3 Å². The Labute approximate surface area is 145 Å². The van der Waals surface area contributed by atoms with Crippen molar-refractivity contribution in [2.24, 2.45) is 0 Å². The summed E-state index contributed by atoms with van der Waals surface area (Å²) in [7, 11) is 1.60. The molecule has 0 unspecified atom stereocenters. The van der Waals surface area contributed by atoms with E-state index in [0.717, 1.165) is 32.0 Å². The van der Waals surface area contributed by atoms with Crippen molar-refractivity contribution in [1.82, 2.24) is 15.0 Å². The molecule has 0 aliphatic carbocycles. The van der Waals surface area contributed by atoms with Crippen LogP contribution in [0.3, 0.4) is 0 Å². The van der Waals surface area contributed by atoms with Crippen LogP contribution in [0, 0.1) is 0 Å². The minimum Gasteiger partial charge on any atom is -0.479 e. The van der Waals surface area contributed by atoms with Crippen LogP contribution >= 0.6 is 27.5 Å². The van der Waals surface area contributed by atoms with Crippen LogP contribution in [0.5, 0.6) is 5.88 Å². The molecule has 0 fully saturated rings. The molecule has 0 atom stereocenters. The van der Waals surface area contributed by atoms with E-state index in [0.29, 0.717) is 16.7 Å². The molecule has 4 nitrogen and oxygen atoms in total. The van der Waals surface area contributed by atoms with Gasteiger partial charge < -0.3 is 9.72 Å².